The number of nitrogens with zero attached hydrogens (tertiary/aromatic N) is 3. The Morgan fingerprint density at radius 2 is 1.45 bits per heavy atom. The minimum absolute atomic E-state index is 0.0124. The molecule has 3 N–H and O–H groups in total. The van der Waals surface area contributed by atoms with E-state index >= 15 is 0 Å². The maximum absolute atomic E-state index is 12.9. The molecule has 0 heterocycles. The first-order chi connectivity index (χ1) is 14.0. The second-order valence-electron chi connectivity index (χ2n) is 6.43. The molecular weight excluding hydrogens is 366 g/mol. The van der Waals surface area contributed by atoms with Crippen molar-refractivity contribution in [3.63, 3.8) is 0 Å². The lowest BCUT2D eigenvalue weighted by atomic mass is 9.83. The highest BCUT2D eigenvalue weighted by molar-refractivity contribution is 6.33. The summed E-state index contributed by atoms with van der Waals surface area (Å²) in [6.07, 6.45) is 0. The number of nitriles is 2. The number of nitrogens with two attached hydrogens (primary N) is 1. The molecular formula is C22H19N5O2. The summed E-state index contributed by atoms with van der Waals surface area (Å²) in [5, 5.41) is 21.6. The average Bonchev–Trinajstić information content (AvgIpc) is 2.73. The molecule has 0 saturated heterocycles. The van der Waals surface area contributed by atoms with E-state index in [1.54, 1.807) is 18.2 Å². The van der Waals surface area contributed by atoms with Gasteiger partial charge >= 0.3 is 0 Å². The van der Waals surface area contributed by atoms with E-state index in [0.717, 1.165) is 18.8 Å². The standard InChI is InChI=1S/C22H19N5O2/c1-3-27(4-2)14-7-5-13(6-8-14)26-18-10-9-17(25)19-20(18)22(29)16(12-24)15(11-23)21(19)28/h5-10,26H,3-4,25H2,1-2H3. The number of hydrogen-bond donors (Lipinski definition) is 2. The lowest BCUT2D eigenvalue weighted by Gasteiger charge is -2.22. The molecule has 7 heteroatoms. The van der Waals surface area contributed by atoms with Crippen LogP contribution in [0.5, 0.6) is 0 Å². The monoisotopic (exact) mass is 385 g/mol. The number of ketones is 2. The van der Waals surface area contributed by atoms with Crippen LogP contribution in [0.1, 0.15) is 34.6 Å². The maximum Gasteiger partial charge on any atom is 0.207 e. The minimum atomic E-state index is -0.711. The third-order valence-corrected chi connectivity index (χ3v) is 4.89. The van der Waals surface area contributed by atoms with Crippen molar-refractivity contribution in [2.45, 2.75) is 13.8 Å². The number of hydrogen-bond acceptors (Lipinski definition) is 7. The molecule has 2 aromatic carbocycles. The highest BCUT2D eigenvalue weighted by Crippen LogP contribution is 2.36. The molecule has 29 heavy (non-hydrogen) atoms. The number of nitrogens with one attached hydrogen (secondary N) is 1. The quantitative estimate of drug-likeness (QED) is 0.754. The molecule has 3 rings (SSSR count). The van der Waals surface area contributed by atoms with E-state index in [0.29, 0.717) is 11.4 Å². The highest BCUT2D eigenvalue weighted by Gasteiger charge is 2.36. The van der Waals surface area contributed by atoms with E-state index in [4.69, 9.17) is 5.73 Å². The Kier molecular flexibility index (Phi) is 5.34. The van der Waals surface area contributed by atoms with Crippen LogP contribution in [0.3, 0.4) is 0 Å². The molecule has 0 radical (unpaired) electrons. The van der Waals surface area contributed by atoms with Gasteiger partial charge in [-0.25, -0.2) is 0 Å². The van der Waals surface area contributed by atoms with Crippen LogP contribution in [0.4, 0.5) is 22.7 Å². The van der Waals surface area contributed by atoms with Crippen molar-refractivity contribution in [3.05, 3.63) is 58.7 Å². The van der Waals surface area contributed by atoms with E-state index in [1.807, 2.05) is 24.3 Å². The summed E-state index contributed by atoms with van der Waals surface area (Å²) < 4.78 is 0. The summed E-state index contributed by atoms with van der Waals surface area (Å²) in [4.78, 5) is 27.7. The molecule has 0 spiro atoms. The fourth-order valence-corrected chi connectivity index (χ4v) is 3.39. The number of carbonyl (C=O) groups excluding carboxylic acids is 2. The smallest absolute Gasteiger partial charge is 0.207 e. The Morgan fingerprint density at radius 1 is 0.897 bits per heavy atom. The Hall–Kier alpha value is -4.10. The predicted molar refractivity (Wildman–Crippen MR) is 111 cm³/mol. The highest BCUT2D eigenvalue weighted by atomic mass is 16.1. The van der Waals surface area contributed by atoms with E-state index in [9.17, 15) is 20.1 Å². The first kappa shape index (κ1) is 19.7. The van der Waals surface area contributed by atoms with Gasteiger partial charge in [0, 0.05) is 30.2 Å². The van der Waals surface area contributed by atoms with Crippen LogP contribution in [-0.2, 0) is 0 Å². The molecule has 0 amide bonds. The van der Waals surface area contributed by atoms with Crippen LogP contribution in [0, 0.1) is 22.7 Å². The van der Waals surface area contributed by atoms with E-state index in [2.05, 4.69) is 24.1 Å². The number of Topliss-reactive ketones (excluding diaryl/α,β-unsaturated/α-hetero) is 2. The second-order valence-corrected chi connectivity index (χ2v) is 6.43. The lowest BCUT2D eigenvalue weighted by molar-refractivity contribution is 0.0983. The number of nitrogen functional groups attached to an aromatic ring is 1. The predicted octanol–water partition coefficient (Wildman–Crippen LogP) is 3.58. The van der Waals surface area contributed by atoms with Gasteiger partial charge < -0.3 is 16.0 Å². The molecule has 0 aliphatic heterocycles. The number of allylic oxidation sites excluding steroid dienone is 2. The van der Waals surface area contributed by atoms with E-state index in [-0.39, 0.29) is 16.8 Å². The summed E-state index contributed by atoms with van der Waals surface area (Å²) in [6.45, 7) is 5.93. The fourth-order valence-electron chi connectivity index (χ4n) is 3.39. The first-order valence-corrected chi connectivity index (χ1v) is 9.15. The SMILES string of the molecule is CCN(CC)c1ccc(Nc2ccc(N)c3c2C(=O)C(C#N)=C(C#N)C3=O)cc1. The molecule has 1 aliphatic carbocycles. The average molecular weight is 385 g/mol. The van der Waals surface area contributed by atoms with Crippen LogP contribution < -0.4 is 16.0 Å². The zero-order valence-corrected chi connectivity index (χ0v) is 16.1. The fraction of sp³-hybridized carbons (Fsp3) is 0.182. The van der Waals surface area contributed by atoms with E-state index in [1.165, 1.54) is 6.07 Å². The number of rotatable bonds is 5. The molecule has 2 aromatic rings. The van der Waals surface area contributed by atoms with Crippen LogP contribution in [-0.4, -0.2) is 24.7 Å². The lowest BCUT2D eigenvalue weighted by Crippen LogP contribution is -2.23. The molecule has 0 saturated carbocycles. The Balaban J connectivity index is 2.05. The third kappa shape index (κ3) is 3.30. The van der Waals surface area contributed by atoms with Gasteiger partial charge in [0.2, 0.25) is 11.6 Å². The molecule has 144 valence electrons. The first-order valence-electron chi connectivity index (χ1n) is 9.15. The van der Waals surface area contributed by atoms with Crippen LogP contribution in [0.25, 0.3) is 0 Å². The van der Waals surface area contributed by atoms with Gasteiger partial charge in [0.1, 0.15) is 23.3 Å². The number of fused-ring (bicyclic) bond motifs is 1. The van der Waals surface area contributed by atoms with Gasteiger partial charge in [-0.2, -0.15) is 10.5 Å². The van der Waals surface area contributed by atoms with Crippen molar-refractivity contribution >= 4 is 34.3 Å². The summed E-state index contributed by atoms with van der Waals surface area (Å²) in [6, 6.07) is 14.1. The molecule has 0 fully saturated rings. The van der Waals surface area contributed by atoms with Crippen molar-refractivity contribution in [1.29, 1.82) is 10.5 Å². The van der Waals surface area contributed by atoms with Gasteiger partial charge in [0.05, 0.1) is 16.8 Å². The van der Waals surface area contributed by atoms with Gasteiger partial charge in [-0.15, -0.1) is 0 Å². The zero-order valence-electron chi connectivity index (χ0n) is 16.1. The molecule has 1 aliphatic rings. The second kappa shape index (κ2) is 7.87. The number of anilines is 4. The Morgan fingerprint density at radius 3 is 1.97 bits per heavy atom. The summed E-state index contributed by atoms with van der Waals surface area (Å²) in [5.41, 5.74) is 7.17. The Bertz CT molecular complexity index is 1110. The van der Waals surface area contributed by atoms with Gasteiger partial charge in [-0.1, -0.05) is 0 Å². The molecule has 0 aromatic heterocycles. The minimum Gasteiger partial charge on any atom is -0.398 e. The molecule has 7 nitrogen and oxygen atoms in total. The maximum atomic E-state index is 12.9. The van der Waals surface area contributed by atoms with Crippen molar-refractivity contribution in [3.8, 4) is 12.1 Å². The van der Waals surface area contributed by atoms with Crippen molar-refractivity contribution in [2.75, 3.05) is 29.0 Å². The number of carbonyl (C=O) groups is 2. The van der Waals surface area contributed by atoms with Crippen molar-refractivity contribution in [2.24, 2.45) is 0 Å². The van der Waals surface area contributed by atoms with Gasteiger partial charge in [-0.05, 0) is 50.2 Å². The van der Waals surface area contributed by atoms with Crippen LogP contribution >= 0.6 is 0 Å². The van der Waals surface area contributed by atoms with E-state index < -0.39 is 22.7 Å². The van der Waals surface area contributed by atoms with Gasteiger partial charge in [0.25, 0.3) is 0 Å². The van der Waals surface area contributed by atoms with Crippen LogP contribution in [0.15, 0.2) is 47.5 Å². The molecule has 0 atom stereocenters. The zero-order chi connectivity index (χ0) is 21.1. The topological polar surface area (TPSA) is 123 Å². The van der Waals surface area contributed by atoms with Crippen molar-refractivity contribution < 1.29 is 9.59 Å². The molecule has 0 bridgehead atoms. The van der Waals surface area contributed by atoms with Gasteiger partial charge in [0.15, 0.2) is 0 Å². The normalized spacial score (nSPS) is 12.8. The van der Waals surface area contributed by atoms with Crippen molar-refractivity contribution in [1.82, 2.24) is 0 Å². The van der Waals surface area contributed by atoms with Crippen LogP contribution in [0.2, 0.25) is 0 Å². The largest absolute Gasteiger partial charge is 0.398 e. The summed E-state index contributed by atoms with van der Waals surface area (Å²) in [5.74, 6) is -1.40. The number of benzene rings is 2. The third-order valence-electron chi connectivity index (χ3n) is 4.89. The summed E-state index contributed by atoms with van der Waals surface area (Å²) in [7, 11) is 0. The van der Waals surface area contributed by atoms with Gasteiger partial charge in [-0.3, -0.25) is 9.59 Å². The molecule has 0 unspecified atom stereocenters. The Labute approximate surface area is 168 Å². The summed E-state index contributed by atoms with van der Waals surface area (Å²) >= 11 is 0.